The van der Waals surface area contributed by atoms with Gasteiger partial charge in [0.2, 0.25) is 0 Å². The number of carbonyl (C=O) groups is 2. The average Bonchev–Trinajstić information content (AvgIpc) is 2.26. The molecule has 0 aliphatic rings. The molecule has 6 heteroatoms. The molecule has 0 radical (unpaired) electrons. The zero-order valence-corrected chi connectivity index (χ0v) is 11.6. The number of carbonyl (C=O) groups excluding carboxylic acids is 2. The van der Waals surface area contributed by atoms with Crippen molar-refractivity contribution in [1.82, 2.24) is 0 Å². The van der Waals surface area contributed by atoms with E-state index >= 15 is 0 Å². The van der Waals surface area contributed by atoms with Crippen molar-refractivity contribution in [3.8, 4) is 0 Å². The highest BCUT2D eigenvalue weighted by Gasteiger charge is 2.33. The Hall–Kier alpha value is -1.40. The maximum atomic E-state index is 11.4. The van der Waals surface area contributed by atoms with Crippen LogP contribution in [0.3, 0.4) is 0 Å². The molecule has 6 nitrogen and oxygen atoms in total. The molecule has 0 bridgehead atoms. The van der Waals surface area contributed by atoms with Crippen LogP contribution < -0.4 is 0 Å². The first kappa shape index (κ1) is 17.6. The third kappa shape index (κ3) is 8.34. The summed E-state index contributed by atoms with van der Waals surface area (Å²) in [5.41, 5.74) is 0. The van der Waals surface area contributed by atoms with E-state index in [0.29, 0.717) is 12.8 Å². The molecular formula is C13H22O6. The van der Waals surface area contributed by atoms with E-state index in [-0.39, 0.29) is 12.8 Å². The first-order valence-corrected chi connectivity index (χ1v) is 6.36. The minimum atomic E-state index is -2.46. The van der Waals surface area contributed by atoms with Crippen LogP contribution in [-0.2, 0) is 19.1 Å². The zero-order valence-electron chi connectivity index (χ0n) is 11.6. The lowest BCUT2D eigenvalue weighted by Gasteiger charge is -2.24. The van der Waals surface area contributed by atoms with Crippen LogP contribution in [0.1, 0.15) is 46.5 Å². The van der Waals surface area contributed by atoms with E-state index < -0.39 is 24.0 Å². The Balaban J connectivity index is 4.80. The van der Waals surface area contributed by atoms with Gasteiger partial charge in [0.05, 0.1) is 6.10 Å². The summed E-state index contributed by atoms with van der Waals surface area (Å²) in [6, 6.07) is 0. The van der Waals surface area contributed by atoms with Crippen LogP contribution in [0.15, 0.2) is 12.2 Å². The Morgan fingerprint density at radius 1 is 1.16 bits per heavy atom. The monoisotopic (exact) mass is 274 g/mol. The van der Waals surface area contributed by atoms with Gasteiger partial charge in [-0.2, -0.15) is 0 Å². The second-order valence-corrected chi connectivity index (χ2v) is 4.18. The highest BCUT2D eigenvalue weighted by atomic mass is 16.8. The molecular weight excluding hydrogens is 252 g/mol. The highest BCUT2D eigenvalue weighted by molar-refractivity contribution is 5.72. The number of ether oxygens (including phenoxy) is 2. The van der Waals surface area contributed by atoms with Crippen molar-refractivity contribution in [2.75, 3.05) is 0 Å². The highest BCUT2D eigenvalue weighted by Crippen LogP contribution is 2.15. The van der Waals surface area contributed by atoms with Gasteiger partial charge < -0.3 is 19.7 Å². The number of hydrogen-bond donors (Lipinski definition) is 2. The van der Waals surface area contributed by atoms with Crippen molar-refractivity contribution in [3.63, 3.8) is 0 Å². The van der Waals surface area contributed by atoms with E-state index in [0.717, 1.165) is 6.08 Å². The SMILES string of the molecule is CCCC(=O)OC(O)(/C=C/C(C)O)OC(=O)CCC. The number of rotatable bonds is 8. The molecule has 110 valence electrons. The van der Waals surface area contributed by atoms with Crippen molar-refractivity contribution in [1.29, 1.82) is 0 Å². The molecule has 1 atom stereocenters. The van der Waals surface area contributed by atoms with Gasteiger partial charge in [0.1, 0.15) is 0 Å². The summed E-state index contributed by atoms with van der Waals surface area (Å²) >= 11 is 0. The van der Waals surface area contributed by atoms with E-state index in [2.05, 4.69) is 0 Å². The second kappa shape index (κ2) is 8.66. The summed E-state index contributed by atoms with van der Waals surface area (Å²) in [7, 11) is 0. The lowest BCUT2D eigenvalue weighted by molar-refractivity contribution is -0.296. The van der Waals surface area contributed by atoms with Crippen LogP contribution >= 0.6 is 0 Å². The minimum Gasteiger partial charge on any atom is -0.395 e. The molecule has 0 aromatic heterocycles. The van der Waals surface area contributed by atoms with Crippen molar-refractivity contribution in [2.45, 2.75) is 58.5 Å². The molecule has 0 aromatic carbocycles. The molecule has 0 spiro atoms. The summed E-state index contributed by atoms with van der Waals surface area (Å²) < 4.78 is 9.44. The maximum Gasteiger partial charge on any atom is 0.395 e. The molecule has 0 amide bonds. The van der Waals surface area contributed by atoms with Crippen molar-refractivity contribution in [3.05, 3.63) is 12.2 Å². The Bertz CT molecular complexity index is 301. The summed E-state index contributed by atoms with van der Waals surface area (Å²) in [5.74, 6) is -3.84. The van der Waals surface area contributed by atoms with Gasteiger partial charge in [-0.25, -0.2) is 0 Å². The van der Waals surface area contributed by atoms with Crippen molar-refractivity contribution < 1.29 is 29.3 Å². The van der Waals surface area contributed by atoms with E-state index in [1.165, 1.54) is 13.0 Å². The topological polar surface area (TPSA) is 93.1 Å². The summed E-state index contributed by atoms with van der Waals surface area (Å²) in [6.07, 6.45) is 2.50. The van der Waals surface area contributed by atoms with Gasteiger partial charge in [-0.3, -0.25) is 9.59 Å². The molecule has 1 unspecified atom stereocenters. The average molecular weight is 274 g/mol. The molecule has 19 heavy (non-hydrogen) atoms. The van der Waals surface area contributed by atoms with E-state index in [1.54, 1.807) is 13.8 Å². The van der Waals surface area contributed by atoms with Gasteiger partial charge in [0.15, 0.2) is 0 Å². The first-order chi connectivity index (χ1) is 8.83. The van der Waals surface area contributed by atoms with Gasteiger partial charge >= 0.3 is 17.9 Å². The predicted octanol–water partition coefficient (Wildman–Crippen LogP) is 1.26. The number of aliphatic hydroxyl groups is 2. The normalized spacial score (nSPS) is 13.3. The van der Waals surface area contributed by atoms with E-state index in [9.17, 15) is 14.7 Å². The third-order valence-electron chi connectivity index (χ3n) is 2.01. The molecule has 2 N–H and O–H groups in total. The molecule has 0 rings (SSSR count). The van der Waals surface area contributed by atoms with Crippen molar-refractivity contribution in [2.24, 2.45) is 0 Å². The molecule has 0 heterocycles. The van der Waals surface area contributed by atoms with Gasteiger partial charge in [0.25, 0.3) is 0 Å². The fraction of sp³-hybridized carbons (Fsp3) is 0.692. The van der Waals surface area contributed by atoms with Crippen LogP contribution in [0, 0.1) is 0 Å². The maximum absolute atomic E-state index is 11.4. The van der Waals surface area contributed by atoms with Crippen LogP contribution in [0.2, 0.25) is 0 Å². The summed E-state index contributed by atoms with van der Waals surface area (Å²) in [5, 5.41) is 19.1. The van der Waals surface area contributed by atoms with Gasteiger partial charge in [-0.15, -0.1) is 0 Å². The number of esters is 2. The van der Waals surface area contributed by atoms with Gasteiger partial charge in [-0.05, 0) is 25.8 Å². The zero-order chi connectivity index (χ0) is 14.9. The molecule has 0 aliphatic heterocycles. The number of hydrogen-bond acceptors (Lipinski definition) is 6. The van der Waals surface area contributed by atoms with Crippen molar-refractivity contribution >= 4 is 11.9 Å². The summed E-state index contributed by atoms with van der Waals surface area (Å²) in [4.78, 5) is 22.7. The van der Waals surface area contributed by atoms with Gasteiger partial charge in [-0.1, -0.05) is 13.8 Å². The van der Waals surface area contributed by atoms with Crippen LogP contribution in [0.4, 0.5) is 0 Å². The first-order valence-electron chi connectivity index (χ1n) is 6.36. The molecule has 0 fully saturated rings. The fourth-order valence-corrected chi connectivity index (χ4v) is 1.19. The molecule has 0 saturated heterocycles. The Morgan fingerprint density at radius 2 is 1.58 bits per heavy atom. The van der Waals surface area contributed by atoms with Crippen LogP contribution in [-0.4, -0.2) is 34.2 Å². The lowest BCUT2D eigenvalue weighted by atomic mass is 10.3. The Kier molecular flexibility index (Phi) is 8.02. The largest absolute Gasteiger partial charge is 0.395 e. The molecule has 0 aliphatic carbocycles. The minimum absolute atomic E-state index is 0.0934. The lowest BCUT2D eigenvalue weighted by Crippen LogP contribution is -2.38. The van der Waals surface area contributed by atoms with Crippen LogP contribution in [0.25, 0.3) is 0 Å². The smallest absolute Gasteiger partial charge is 0.395 e. The third-order valence-corrected chi connectivity index (χ3v) is 2.01. The quantitative estimate of drug-likeness (QED) is 0.393. The predicted molar refractivity (Wildman–Crippen MR) is 67.8 cm³/mol. The number of aliphatic hydroxyl groups excluding tert-OH is 1. The Morgan fingerprint density at radius 3 is 1.89 bits per heavy atom. The van der Waals surface area contributed by atoms with E-state index in [1.807, 2.05) is 0 Å². The van der Waals surface area contributed by atoms with Crippen LogP contribution in [0.5, 0.6) is 0 Å². The fourth-order valence-electron chi connectivity index (χ4n) is 1.19. The summed E-state index contributed by atoms with van der Waals surface area (Å²) in [6.45, 7) is 4.99. The Labute approximate surface area is 113 Å². The van der Waals surface area contributed by atoms with E-state index in [4.69, 9.17) is 14.6 Å². The standard InChI is InChI=1S/C13H22O6/c1-4-6-11(15)18-13(17,9-8-10(3)14)19-12(16)7-5-2/h8-10,14,17H,4-7H2,1-3H3/b9-8+. The molecule has 0 saturated carbocycles. The van der Waals surface area contributed by atoms with Gasteiger partial charge in [0, 0.05) is 18.9 Å². The molecule has 0 aromatic rings. The second-order valence-electron chi connectivity index (χ2n) is 4.18.